The van der Waals surface area contributed by atoms with E-state index in [1.54, 1.807) is 16.4 Å². The minimum absolute atomic E-state index is 0.320. The SMILES string of the molecule is Cc1ccc(S(=O)(=O)N2CCC3(C(/C=C/c4ccccc4)=Nc4ccccc43)C2c2ccccc2)cc1. The number of aliphatic imine (C=N–C) groups is 1. The van der Waals surface area contributed by atoms with E-state index in [0.717, 1.165) is 33.7 Å². The van der Waals surface area contributed by atoms with Crippen LogP contribution in [0.25, 0.3) is 6.08 Å². The highest BCUT2D eigenvalue weighted by atomic mass is 32.2. The van der Waals surface area contributed by atoms with E-state index < -0.39 is 21.5 Å². The van der Waals surface area contributed by atoms with Gasteiger partial charge in [-0.2, -0.15) is 4.31 Å². The molecule has 1 saturated heterocycles. The zero-order valence-electron chi connectivity index (χ0n) is 20.7. The maximum atomic E-state index is 14.1. The monoisotopic (exact) mass is 504 g/mol. The summed E-state index contributed by atoms with van der Waals surface area (Å²) in [6, 6.07) is 35.0. The van der Waals surface area contributed by atoms with Gasteiger partial charge in [-0.3, -0.25) is 4.99 Å². The second-order valence-electron chi connectivity index (χ2n) is 9.72. The molecule has 6 rings (SSSR count). The Bertz CT molecular complexity index is 1590. The summed E-state index contributed by atoms with van der Waals surface area (Å²) in [5, 5.41) is 0. The third-order valence-electron chi connectivity index (χ3n) is 7.54. The van der Waals surface area contributed by atoms with E-state index in [4.69, 9.17) is 4.99 Å². The van der Waals surface area contributed by atoms with Crippen LogP contribution in [0.5, 0.6) is 0 Å². The molecule has 184 valence electrons. The molecular weight excluding hydrogens is 476 g/mol. The molecule has 5 heteroatoms. The summed E-state index contributed by atoms with van der Waals surface area (Å²) in [6.45, 7) is 2.37. The fourth-order valence-electron chi connectivity index (χ4n) is 5.78. The zero-order chi connectivity index (χ0) is 25.5. The average molecular weight is 505 g/mol. The number of para-hydroxylation sites is 1. The van der Waals surface area contributed by atoms with Gasteiger partial charge in [0.15, 0.2) is 0 Å². The van der Waals surface area contributed by atoms with Gasteiger partial charge in [-0.15, -0.1) is 0 Å². The number of aryl methyl sites for hydroxylation is 1. The van der Waals surface area contributed by atoms with Crippen LogP contribution in [-0.2, 0) is 15.4 Å². The van der Waals surface area contributed by atoms with Gasteiger partial charge < -0.3 is 0 Å². The third kappa shape index (κ3) is 3.95. The van der Waals surface area contributed by atoms with Crippen LogP contribution in [0.1, 0.15) is 34.7 Å². The van der Waals surface area contributed by atoms with Gasteiger partial charge in [0.2, 0.25) is 10.0 Å². The Balaban J connectivity index is 1.54. The molecule has 2 aliphatic rings. The summed E-state index contributed by atoms with van der Waals surface area (Å²) in [5.41, 5.74) is 5.36. The van der Waals surface area contributed by atoms with Crippen LogP contribution in [0.4, 0.5) is 5.69 Å². The Morgan fingerprint density at radius 3 is 2.19 bits per heavy atom. The number of nitrogens with zero attached hydrogens (tertiary/aromatic N) is 2. The second kappa shape index (κ2) is 9.25. The van der Waals surface area contributed by atoms with E-state index in [9.17, 15) is 8.42 Å². The van der Waals surface area contributed by atoms with Crippen molar-refractivity contribution in [1.29, 1.82) is 0 Å². The van der Waals surface area contributed by atoms with E-state index in [1.807, 2.05) is 85.8 Å². The van der Waals surface area contributed by atoms with Crippen LogP contribution in [0.3, 0.4) is 0 Å². The third-order valence-corrected chi connectivity index (χ3v) is 9.42. The highest BCUT2D eigenvalue weighted by Crippen LogP contribution is 2.57. The summed E-state index contributed by atoms with van der Waals surface area (Å²) in [7, 11) is -3.76. The van der Waals surface area contributed by atoms with Crippen LogP contribution in [-0.4, -0.2) is 25.0 Å². The largest absolute Gasteiger partial charge is 0.252 e. The molecule has 0 aliphatic carbocycles. The highest BCUT2D eigenvalue weighted by Gasteiger charge is 2.58. The fraction of sp³-hybridized carbons (Fsp3) is 0.156. The predicted molar refractivity (Wildman–Crippen MR) is 150 cm³/mol. The molecule has 37 heavy (non-hydrogen) atoms. The number of fused-ring (bicyclic) bond motifs is 2. The van der Waals surface area contributed by atoms with E-state index in [2.05, 4.69) is 30.4 Å². The quantitative estimate of drug-likeness (QED) is 0.298. The highest BCUT2D eigenvalue weighted by molar-refractivity contribution is 7.89. The summed E-state index contributed by atoms with van der Waals surface area (Å²) >= 11 is 0. The first kappa shape index (κ1) is 23.6. The van der Waals surface area contributed by atoms with Crippen LogP contribution in [0, 0.1) is 6.92 Å². The minimum Gasteiger partial charge on any atom is -0.252 e. The molecule has 0 radical (unpaired) electrons. The van der Waals surface area contributed by atoms with Crippen molar-refractivity contribution in [2.24, 2.45) is 4.99 Å². The first-order valence-electron chi connectivity index (χ1n) is 12.6. The molecule has 0 saturated carbocycles. The van der Waals surface area contributed by atoms with E-state index in [-0.39, 0.29) is 0 Å². The molecule has 0 bridgehead atoms. The second-order valence-corrected chi connectivity index (χ2v) is 11.6. The first-order valence-corrected chi connectivity index (χ1v) is 14.0. The van der Waals surface area contributed by atoms with Gasteiger partial charge in [-0.1, -0.05) is 103 Å². The molecule has 0 aromatic heterocycles. The lowest BCUT2D eigenvalue weighted by Gasteiger charge is -2.36. The number of hydrogen-bond donors (Lipinski definition) is 0. The van der Waals surface area contributed by atoms with Crippen molar-refractivity contribution in [3.8, 4) is 0 Å². The first-order chi connectivity index (χ1) is 18.0. The van der Waals surface area contributed by atoms with Gasteiger partial charge in [-0.05, 0) is 54.3 Å². The number of sulfonamides is 1. The molecule has 2 unspecified atom stereocenters. The van der Waals surface area contributed by atoms with E-state index >= 15 is 0 Å². The van der Waals surface area contributed by atoms with Gasteiger partial charge in [0, 0.05) is 6.54 Å². The molecule has 2 heterocycles. The Hall–Kier alpha value is -3.80. The van der Waals surface area contributed by atoms with Crippen molar-refractivity contribution in [1.82, 2.24) is 4.31 Å². The molecule has 4 aromatic carbocycles. The standard InChI is InChI=1S/C32H28N2O2S/c1-24-16-19-27(20-17-24)37(35,36)34-23-22-32(31(34)26-12-6-3-7-13-26)28-14-8-9-15-29(28)33-30(32)21-18-25-10-4-2-5-11-25/h2-21,31H,22-23H2,1H3/b21-18+. The Kier molecular flexibility index (Phi) is 5.90. The van der Waals surface area contributed by atoms with Gasteiger partial charge in [0.25, 0.3) is 0 Å². The molecule has 2 atom stereocenters. The van der Waals surface area contributed by atoms with E-state index in [0.29, 0.717) is 17.9 Å². The normalized spacial score (nSPS) is 21.4. The summed E-state index contributed by atoms with van der Waals surface area (Å²) in [4.78, 5) is 5.41. The lowest BCUT2D eigenvalue weighted by atomic mass is 9.69. The average Bonchev–Trinajstić information content (AvgIpc) is 3.49. The van der Waals surface area contributed by atoms with E-state index in [1.165, 1.54) is 0 Å². The zero-order valence-corrected chi connectivity index (χ0v) is 21.5. The maximum Gasteiger partial charge on any atom is 0.243 e. The lowest BCUT2D eigenvalue weighted by molar-refractivity contribution is 0.358. The lowest BCUT2D eigenvalue weighted by Crippen LogP contribution is -2.41. The minimum atomic E-state index is -3.76. The van der Waals surface area contributed by atoms with Crippen molar-refractivity contribution < 1.29 is 8.42 Å². The summed E-state index contributed by atoms with van der Waals surface area (Å²) in [5.74, 6) is 0. The van der Waals surface area contributed by atoms with Crippen molar-refractivity contribution >= 4 is 27.5 Å². The summed E-state index contributed by atoms with van der Waals surface area (Å²) < 4.78 is 30.0. The topological polar surface area (TPSA) is 49.7 Å². The van der Waals surface area contributed by atoms with Crippen molar-refractivity contribution in [3.05, 3.63) is 138 Å². The van der Waals surface area contributed by atoms with Crippen molar-refractivity contribution in [2.75, 3.05) is 6.54 Å². The van der Waals surface area contributed by atoms with Gasteiger partial charge in [-0.25, -0.2) is 8.42 Å². The van der Waals surface area contributed by atoms with Crippen LogP contribution >= 0.6 is 0 Å². The number of rotatable bonds is 5. The molecule has 1 fully saturated rings. The Morgan fingerprint density at radius 2 is 1.46 bits per heavy atom. The molecule has 2 aliphatic heterocycles. The number of allylic oxidation sites excluding steroid dienone is 1. The molecular formula is C32H28N2O2S. The van der Waals surface area contributed by atoms with Crippen LogP contribution < -0.4 is 0 Å². The maximum absolute atomic E-state index is 14.1. The fourth-order valence-corrected chi connectivity index (χ4v) is 7.44. The summed E-state index contributed by atoms with van der Waals surface area (Å²) in [6.07, 6.45) is 4.80. The van der Waals surface area contributed by atoms with Crippen LogP contribution in [0.15, 0.2) is 125 Å². The predicted octanol–water partition coefficient (Wildman–Crippen LogP) is 6.87. The van der Waals surface area contributed by atoms with Gasteiger partial charge in [0.05, 0.1) is 27.8 Å². The smallest absolute Gasteiger partial charge is 0.243 e. The van der Waals surface area contributed by atoms with Crippen molar-refractivity contribution in [2.45, 2.75) is 29.7 Å². The van der Waals surface area contributed by atoms with Crippen LogP contribution in [0.2, 0.25) is 0 Å². The van der Waals surface area contributed by atoms with Gasteiger partial charge >= 0.3 is 0 Å². The van der Waals surface area contributed by atoms with Crippen molar-refractivity contribution in [3.63, 3.8) is 0 Å². The number of benzene rings is 4. The molecule has 4 aromatic rings. The number of hydrogen-bond acceptors (Lipinski definition) is 3. The molecule has 0 N–H and O–H groups in total. The molecule has 4 nitrogen and oxygen atoms in total. The van der Waals surface area contributed by atoms with Gasteiger partial charge in [0.1, 0.15) is 0 Å². The molecule has 1 spiro atoms. The molecule has 0 amide bonds. The Morgan fingerprint density at radius 1 is 0.811 bits per heavy atom. The Labute approximate surface area is 218 Å².